The first kappa shape index (κ1) is 13.1. The van der Waals surface area contributed by atoms with E-state index in [1.165, 1.54) is 23.5 Å². The molecule has 0 bridgehead atoms. The molecular formula is C14H13FN2O2S. The zero-order valence-corrected chi connectivity index (χ0v) is 11.4. The van der Waals surface area contributed by atoms with Crippen molar-refractivity contribution in [1.29, 1.82) is 0 Å². The maximum Gasteiger partial charge on any atom is 0.261 e. The largest absolute Gasteiger partial charge is 0.354 e. The Morgan fingerprint density at radius 1 is 1.40 bits per heavy atom. The van der Waals surface area contributed by atoms with E-state index in [1.54, 1.807) is 12.1 Å². The second-order valence-electron chi connectivity index (χ2n) is 4.81. The molecule has 2 aromatic rings. The van der Waals surface area contributed by atoms with Crippen LogP contribution in [0.15, 0.2) is 24.3 Å². The van der Waals surface area contributed by atoms with Gasteiger partial charge in [0, 0.05) is 23.7 Å². The number of fused-ring (bicyclic) bond motifs is 1. The Balaban J connectivity index is 1.73. The fourth-order valence-electron chi connectivity index (χ4n) is 2.23. The number of benzene rings is 1. The van der Waals surface area contributed by atoms with Gasteiger partial charge in [-0.1, -0.05) is 6.07 Å². The van der Waals surface area contributed by atoms with Gasteiger partial charge in [-0.2, -0.15) is 0 Å². The summed E-state index contributed by atoms with van der Waals surface area (Å²) in [5.74, 6) is -0.457. The molecule has 6 heteroatoms. The summed E-state index contributed by atoms with van der Waals surface area (Å²) in [5, 5.41) is 6.48. The van der Waals surface area contributed by atoms with Gasteiger partial charge in [0.1, 0.15) is 5.82 Å². The van der Waals surface area contributed by atoms with Crippen LogP contribution in [0.1, 0.15) is 22.5 Å². The second kappa shape index (κ2) is 5.20. The minimum Gasteiger partial charge on any atom is -0.354 e. The number of amides is 2. The molecule has 2 N–H and O–H groups in total. The third-order valence-corrected chi connectivity index (χ3v) is 4.40. The molecule has 1 fully saturated rings. The zero-order chi connectivity index (χ0) is 14.1. The van der Waals surface area contributed by atoms with E-state index in [4.69, 9.17) is 0 Å². The minimum absolute atomic E-state index is 0.0211. The van der Waals surface area contributed by atoms with Gasteiger partial charge in [-0.3, -0.25) is 9.59 Å². The van der Waals surface area contributed by atoms with Gasteiger partial charge in [0.25, 0.3) is 5.91 Å². The number of piperidine rings is 1. The Hall–Kier alpha value is -1.95. The first-order valence-corrected chi connectivity index (χ1v) is 7.20. The number of halogens is 1. The Bertz CT molecular complexity index is 673. The van der Waals surface area contributed by atoms with Crippen LogP contribution in [0, 0.1) is 5.82 Å². The molecule has 1 aromatic heterocycles. The summed E-state index contributed by atoms with van der Waals surface area (Å²) in [6.07, 6.45) is 1.08. The standard InChI is InChI=1S/C14H13FN2O2S/c15-9-2-1-8-5-12(20-11(8)6-9)14(19)17-10-3-4-13(18)16-7-10/h1-2,5-6,10H,3-4,7H2,(H,16,18)(H,17,19). The molecule has 20 heavy (non-hydrogen) atoms. The van der Waals surface area contributed by atoms with Gasteiger partial charge in [0.15, 0.2) is 0 Å². The highest BCUT2D eigenvalue weighted by atomic mass is 32.1. The number of hydrogen-bond donors (Lipinski definition) is 2. The molecule has 1 aliphatic rings. The summed E-state index contributed by atoms with van der Waals surface area (Å²) in [6, 6.07) is 6.20. The average molecular weight is 292 g/mol. The maximum absolute atomic E-state index is 13.1. The molecule has 0 aliphatic carbocycles. The topological polar surface area (TPSA) is 58.2 Å². The molecule has 1 atom stereocenters. The molecule has 104 valence electrons. The van der Waals surface area contributed by atoms with Gasteiger partial charge in [-0.05, 0) is 30.0 Å². The van der Waals surface area contributed by atoms with Crippen LogP contribution in [0.5, 0.6) is 0 Å². The van der Waals surface area contributed by atoms with E-state index in [-0.39, 0.29) is 23.7 Å². The molecular weight excluding hydrogens is 279 g/mol. The third kappa shape index (κ3) is 2.65. The predicted octanol–water partition coefficient (Wildman–Crippen LogP) is 2.05. The van der Waals surface area contributed by atoms with Crippen molar-refractivity contribution in [2.24, 2.45) is 0 Å². The van der Waals surface area contributed by atoms with Crippen LogP contribution in [-0.2, 0) is 4.79 Å². The lowest BCUT2D eigenvalue weighted by Gasteiger charge is -2.23. The summed E-state index contributed by atoms with van der Waals surface area (Å²) < 4.78 is 13.9. The fourth-order valence-corrected chi connectivity index (χ4v) is 3.22. The van der Waals surface area contributed by atoms with E-state index in [2.05, 4.69) is 10.6 Å². The lowest BCUT2D eigenvalue weighted by Crippen LogP contribution is -2.47. The van der Waals surface area contributed by atoms with Crippen LogP contribution in [-0.4, -0.2) is 24.4 Å². The van der Waals surface area contributed by atoms with Gasteiger partial charge < -0.3 is 10.6 Å². The van der Waals surface area contributed by atoms with E-state index >= 15 is 0 Å². The Morgan fingerprint density at radius 2 is 2.25 bits per heavy atom. The van der Waals surface area contributed by atoms with Crippen LogP contribution in [0.2, 0.25) is 0 Å². The molecule has 2 amide bonds. The van der Waals surface area contributed by atoms with Gasteiger partial charge in [-0.25, -0.2) is 4.39 Å². The van der Waals surface area contributed by atoms with E-state index in [1.807, 2.05) is 0 Å². The van der Waals surface area contributed by atoms with Gasteiger partial charge >= 0.3 is 0 Å². The van der Waals surface area contributed by atoms with Crippen LogP contribution < -0.4 is 10.6 Å². The molecule has 1 saturated heterocycles. The van der Waals surface area contributed by atoms with Crippen molar-refractivity contribution in [2.75, 3.05) is 6.54 Å². The monoisotopic (exact) mass is 292 g/mol. The molecule has 1 aromatic carbocycles. The zero-order valence-electron chi connectivity index (χ0n) is 10.6. The molecule has 4 nitrogen and oxygen atoms in total. The number of nitrogens with one attached hydrogen (secondary N) is 2. The van der Waals surface area contributed by atoms with Crippen LogP contribution in [0.25, 0.3) is 10.1 Å². The Kier molecular flexibility index (Phi) is 3.40. The summed E-state index contributed by atoms with van der Waals surface area (Å²) in [4.78, 5) is 23.8. The van der Waals surface area contributed by atoms with Gasteiger partial charge in [0.2, 0.25) is 5.91 Å². The number of carbonyl (C=O) groups is 2. The Morgan fingerprint density at radius 3 is 3.00 bits per heavy atom. The first-order chi connectivity index (χ1) is 9.61. The summed E-state index contributed by atoms with van der Waals surface area (Å²) >= 11 is 1.27. The fraction of sp³-hybridized carbons (Fsp3) is 0.286. The second-order valence-corrected chi connectivity index (χ2v) is 5.89. The van der Waals surface area contributed by atoms with Crippen LogP contribution in [0.4, 0.5) is 4.39 Å². The number of thiophene rings is 1. The molecule has 1 unspecified atom stereocenters. The summed E-state index contributed by atoms with van der Waals surface area (Å²) in [7, 11) is 0. The normalized spacial score (nSPS) is 18.9. The smallest absolute Gasteiger partial charge is 0.261 e. The van der Waals surface area contributed by atoms with E-state index in [9.17, 15) is 14.0 Å². The van der Waals surface area contributed by atoms with Crippen molar-refractivity contribution < 1.29 is 14.0 Å². The predicted molar refractivity (Wildman–Crippen MR) is 75.3 cm³/mol. The summed E-state index contributed by atoms with van der Waals surface area (Å²) in [6.45, 7) is 0.462. The van der Waals surface area contributed by atoms with Crippen molar-refractivity contribution in [3.8, 4) is 0 Å². The van der Waals surface area contributed by atoms with Crippen molar-refractivity contribution in [3.63, 3.8) is 0 Å². The molecule has 0 saturated carbocycles. The molecule has 3 rings (SSSR count). The number of hydrogen-bond acceptors (Lipinski definition) is 3. The van der Waals surface area contributed by atoms with E-state index in [0.717, 1.165) is 10.1 Å². The SMILES string of the molecule is O=C1CCC(NC(=O)c2cc3ccc(F)cc3s2)CN1. The molecule has 0 spiro atoms. The highest BCUT2D eigenvalue weighted by Crippen LogP contribution is 2.26. The van der Waals surface area contributed by atoms with Crippen molar-refractivity contribution in [3.05, 3.63) is 35.0 Å². The highest BCUT2D eigenvalue weighted by Gasteiger charge is 2.21. The van der Waals surface area contributed by atoms with Crippen LogP contribution in [0.3, 0.4) is 0 Å². The van der Waals surface area contributed by atoms with Gasteiger partial charge in [-0.15, -0.1) is 11.3 Å². The maximum atomic E-state index is 13.1. The first-order valence-electron chi connectivity index (χ1n) is 6.38. The minimum atomic E-state index is -0.304. The quantitative estimate of drug-likeness (QED) is 0.890. The van der Waals surface area contributed by atoms with E-state index in [0.29, 0.717) is 24.3 Å². The molecule has 1 aliphatic heterocycles. The Labute approximate surface area is 119 Å². The van der Waals surface area contributed by atoms with E-state index < -0.39 is 0 Å². The average Bonchev–Trinajstić information content (AvgIpc) is 2.84. The number of carbonyl (C=O) groups excluding carboxylic acids is 2. The highest BCUT2D eigenvalue weighted by molar-refractivity contribution is 7.20. The van der Waals surface area contributed by atoms with Crippen molar-refractivity contribution in [1.82, 2.24) is 10.6 Å². The lowest BCUT2D eigenvalue weighted by atomic mass is 10.1. The molecule has 2 heterocycles. The van der Waals surface area contributed by atoms with Crippen LogP contribution >= 0.6 is 11.3 Å². The van der Waals surface area contributed by atoms with Crippen molar-refractivity contribution in [2.45, 2.75) is 18.9 Å². The van der Waals surface area contributed by atoms with Gasteiger partial charge in [0.05, 0.1) is 4.88 Å². The van der Waals surface area contributed by atoms with Crippen molar-refractivity contribution >= 4 is 33.2 Å². The number of rotatable bonds is 2. The lowest BCUT2D eigenvalue weighted by molar-refractivity contribution is -0.122. The third-order valence-electron chi connectivity index (χ3n) is 3.31. The molecule has 0 radical (unpaired) electrons. The summed E-state index contributed by atoms with van der Waals surface area (Å²) in [5.41, 5.74) is 0.